The summed E-state index contributed by atoms with van der Waals surface area (Å²) in [6, 6.07) is 5.52. The zero-order chi connectivity index (χ0) is 10.1. The van der Waals surface area contributed by atoms with Crippen LogP contribution in [0.1, 0.15) is 18.4 Å². The lowest BCUT2D eigenvalue weighted by atomic mass is 10.2. The lowest BCUT2D eigenvalue weighted by Crippen LogP contribution is -1.98. The van der Waals surface area contributed by atoms with Crippen molar-refractivity contribution in [2.45, 2.75) is 18.9 Å². The highest BCUT2D eigenvalue weighted by atomic mass is 79.9. The zero-order valence-corrected chi connectivity index (χ0v) is 9.60. The maximum absolute atomic E-state index is 8.89. The molecule has 0 heterocycles. The lowest BCUT2D eigenvalue weighted by molar-refractivity contribution is 0.302. The van der Waals surface area contributed by atoms with Crippen molar-refractivity contribution in [1.29, 1.82) is 5.26 Å². The van der Waals surface area contributed by atoms with Crippen molar-refractivity contribution in [3.63, 3.8) is 0 Å². The van der Waals surface area contributed by atoms with E-state index in [9.17, 15) is 0 Å². The summed E-state index contributed by atoms with van der Waals surface area (Å²) in [7, 11) is 0. The van der Waals surface area contributed by atoms with Crippen LogP contribution in [-0.2, 0) is 0 Å². The highest BCUT2D eigenvalue weighted by Gasteiger charge is 2.25. The Hall–Kier alpha value is -0.720. The summed E-state index contributed by atoms with van der Waals surface area (Å²) in [5, 5.41) is 9.32. The molecule has 0 spiro atoms. The fraction of sp³-hybridized carbons (Fsp3) is 0.300. The fourth-order valence-electron chi connectivity index (χ4n) is 1.12. The molecule has 4 heteroatoms. The first-order valence-electron chi connectivity index (χ1n) is 4.26. The summed E-state index contributed by atoms with van der Waals surface area (Å²) in [5.41, 5.74) is 0.418. The van der Waals surface area contributed by atoms with Crippen molar-refractivity contribution in [1.82, 2.24) is 0 Å². The quantitative estimate of drug-likeness (QED) is 0.825. The molecule has 0 bridgehead atoms. The third-order valence-electron chi connectivity index (χ3n) is 1.95. The van der Waals surface area contributed by atoms with Crippen LogP contribution in [0.25, 0.3) is 0 Å². The van der Waals surface area contributed by atoms with Gasteiger partial charge in [0, 0.05) is 4.47 Å². The van der Waals surface area contributed by atoms with E-state index in [-0.39, 0.29) is 6.10 Å². The molecule has 0 atom stereocenters. The number of halogens is 2. The van der Waals surface area contributed by atoms with E-state index < -0.39 is 0 Å². The second-order valence-electron chi connectivity index (χ2n) is 3.19. The second-order valence-corrected chi connectivity index (χ2v) is 4.51. The van der Waals surface area contributed by atoms with Gasteiger partial charge in [-0.05, 0) is 25.0 Å². The summed E-state index contributed by atoms with van der Waals surface area (Å²) in [6.07, 6.45) is 2.40. The molecule has 1 aromatic rings. The topological polar surface area (TPSA) is 33.0 Å². The van der Waals surface area contributed by atoms with Gasteiger partial charge in [-0.15, -0.1) is 0 Å². The molecule has 72 valence electrons. The smallest absolute Gasteiger partial charge is 0.140 e. The number of ether oxygens (including phenoxy) is 1. The number of nitrogens with zero attached hydrogens (tertiary/aromatic N) is 1. The molecular weight excluding hydrogens is 265 g/mol. The summed E-state index contributed by atoms with van der Waals surface area (Å²) in [6.45, 7) is 0. The normalized spacial score (nSPS) is 14.9. The molecule has 0 amide bonds. The molecule has 1 saturated carbocycles. The van der Waals surface area contributed by atoms with Crippen LogP contribution in [0.2, 0.25) is 5.02 Å². The molecule has 0 aliphatic heterocycles. The van der Waals surface area contributed by atoms with Crippen molar-refractivity contribution in [3.8, 4) is 11.8 Å². The number of benzene rings is 1. The summed E-state index contributed by atoms with van der Waals surface area (Å²) in [5.74, 6) is 0.578. The van der Waals surface area contributed by atoms with Crippen molar-refractivity contribution < 1.29 is 4.74 Å². The molecule has 0 saturated heterocycles. The fourth-order valence-corrected chi connectivity index (χ4v) is 1.94. The van der Waals surface area contributed by atoms with Crippen molar-refractivity contribution in [3.05, 3.63) is 27.2 Å². The van der Waals surface area contributed by atoms with Crippen LogP contribution in [0.4, 0.5) is 0 Å². The van der Waals surface area contributed by atoms with E-state index in [1.165, 1.54) is 0 Å². The largest absolute Gasteiger partial charge is 0.489 e. The van der Waals surface area contributed by atoms with Crippen LogP contribution in [0.5, 0.6) is 5.75 Å². The number of hydrogen-bond donors (Lipinski definition) is 0. The van der Waals surface area contributed by atoms with Crippen LogP contribution < -0.4 is 4.74 Å². The van der Waals surface area contributed by atoms with Crippen LogP contribution >= 0.6 is 27.5 Å². The van der Waals surface area contributed by atoms with Crippen molar-refractivity contribution >= 4 is 27.5 Å². The van der Waals surface area contributed by atoms with Gasteiger partial charge < -0.3 is 4.74 Å². The van der Waals surface area contributed by atoms with Gasteiger partial charge in [0.1, 0.15) is 17.4 Å². The van der Waals surface area contributed by atoms with E-state index in [0.29, 0.717) is 16.3 Å². The molecule has 14 heavy (non-hydrogen) atoms. The highest BCUT2D eigenvalue weighted by molar-refractivity contribution is 9.10. The maximum atomic E-state index is 8.89. The molecule has 0 aromatic heterocycles. The molecule has 0 unspecified atom stereocenters. The Balaban J connectivity index is 2.39. The Labute approximate surface area is 95.6 Å². The molecule has 2 nitrogen and oxygen atoms in total. The minimum Gasteiger partial charge on any atom is -0.489 e. The standard InChI is InChI=1S/C10H7BrClNO/c11-6-3-9(12)8(5-13)10(4-6)14-7-1-2-7/h3-4,7H,1-2H2. The summed E-state index contributed by atoms with van der Waals surface area (Å²) < 4.78 is 6.40. The third kappa shape index (κ3) is 2.02. The van der Waals surface area contributed by atoms with E-state index in [0.717, 1.165) is 17.3 Å². The van der Waals surface area contributed by atoms with Crippen molar-refractivity contribution in [2.75, 3.05) is 0 Å². The van der Waals surface area contributed by atoms with Crippen LogP contribution in [-0.4, -0.2) is 6.10 Å². The SMILES string of the molecule is N#Cc1c(Cl)cc(Br)cc1OC1CC1. The minimum absolute atomic E-state index is 0.271. The van der Waals surface area contributed by atoms with E-state index in [2.05, 4.69) is 15.9 Å². The van der Waals surface area contributed by atoms with Gasteiger partial charge >= 0.3 is 0 Å². The summed E-state index contributed by atoms with van der Waals surface area (Å²) in [4.78, 5) is 0. The Kier molecular flexibility index (Phi) is 2.66. The van der Waals surface area contributed by atoms with Gasteiger partial charge in [-0.2, -0.15) is 5.26 Å². The number of nitriles is 1. The molecule has 0 N–H and O–H groups in total. The van der Waals surface area contributed by atoms with Crippen LogP contribution in [0.15, 0.2) is 16.6 Å². The van der Waals surface area contributed by atoms with Crippen molar-refractivity contribution in [2.24, 2.45) is 0 Å². The Bertz CT molecular complexity index is 409. The van der Waals surface area contributed by atoms with E-state index in [1.807, 2.05) is 6.07 Å². The molecular formula is C10H7BrClNO. The van der Waals surface area contributed by atoms with Gasteiger partial charge in [0.25, 0.3) is 0 Å². The van der Waals surface area contributed by atoms with Crippen LogP contribution in [0.3, 0.4) is 0 Å². The molecule has 2 rings (SSSR count). The number of hydrogen-bond acceptors (Lipinski definition) is 2. The predicted octanol–water partition coefficient (Wildman–Crippen LogP) is 3.52. The third-order valence-corrected chi connectivity index (χ3v) is 2.70. The highest BCUT2D eigenvalue weighted by Crippen LogP contribution is 2.34. The molecule has 1 aromatic carbocycles. The average Bonchev–Trinajstić information content (AvgIpc) is 2.87. The van der Waals surface area contributed by atoms with Gasteiger partial charge in [-0.25, -0.2) is 0 Å². The monoisotopic (exact) mass is 271 g/mol. The first-order chi connectivity index (χ1) is 6.70. The van der Waals surface area contributed by atoms with E-state index in [4.69, 9.17) is 21.6 Å². The summed E-state index contributed by atoms with van der Waals surface area (Å²) >= 11 is 9.22. The Morgan fingerprint density at radius 1 is 1.50 bits per heavy atom. The first-order valence-corrected chi connectivity index (χ1v) is 5.43. The molecule has 1 aliphatic carbocycles. The van der Waals surface area contributed by atoms with E-state index in [1.54, 1.807) is 12.1 Å². The maximum Gasteiger partial charge on any atom is 0.140 e. The van der Waals surface area contributed by atoms with Gasteiger partial charge in [0.2, 0.25) is 0 Å². The molecule has 1 fully saturated rings. The lowest BCUT2D eigenvalue weighted by Gasteiger charge is -2.07. The molecule has 1 aliphatic rings. The van der Waals surface area contributed by atoms with Gasteiger partial charge in [-0.3, -0.25) is 0 Å². The van der Waals surface area contributed by atoms with Gasteiger partial charge in [0.15, 0.2) is 0 Å². The Morgan fingerprint density at radius 2 is 2.21 bits per heavy atom. The molecule has 0 radical (unpaired) electrons. The predicted molar refractivity (Wildman–Crippen MR) is 57.5 cm³/mol. The minimum atomic E-state index is 0.271. The second kappa shape index (κ2) is 3.80. The van der Waals surface area contributed by atoms with E-state index >= 15 is 0 Å². The van der Waals surface area contributed by atoms with Gasteiger partial charge in [-0.1, -0.05) is 27.5 Å². The first kappa shape index (κ1) is 9.82. The zero-order valence-electron chi connectivity index (χ0n) is 7.26. The number of rotatable bonds is 2. The van der Waals surface area contributed by atoms with Crippen LogP contribution in [0, 0.1) is 11.3 Å². The average molecular weight is 273 g/mol. The Morgan fingerprint density at radius 3 is 2.79 bits per heavy atom. The van der Waals surface area contributed by atoms with Gasteiger partial charge in [0.05, 0.1) is 11.1 Å².